The molecular formula is C23H25FN4O4. The fourth-order valence-corrected chi connectivity index (χ4v) is 4.00. The minimum Gasteiger partial charge on any atom is -0.501 e. The number of ketones is 1. The number of nitrogens with zero attached hydrogens (tertiary/aromatic N) is 4. The fourth-order valence-electron chi connectivity index (χ4n) is 4.00. The number of halogens is 1. The minimum atomic E-state index is -0.709. The first-order valence-corrected chi connectivity index (χ1v) is 10.4. The van der Waals surface area contributed by atoms with Gasteiger partial charge in [0, 0.05) is 19.5 Å². The highest BCUT2D eigenvalue weighted by atomic mass is 19.1. The van der Waals surface area contributed by atoms with Gasteiger partial charge in [0.1, 0.15) is 17.4 Å². The molecule has 168 valence electrons. The molecule has 32 heavy (non-hydrogen) atoms. The largest absolute Gasteiger partial charge is 0.501 e. The van der Waals surface area contributed by atoms with Crippen molar-refractivity contribution in [2.45, 2.75) is 52.2 Å². The van der Waals surface area contributed by atoms with Crippen molar-refractivity contribution in [2.75, 3.05) is 6.54 Å². The van der Waals surface area contributed by atoms with Crippen LogP contribution in [0.15, 0.2) is 39.7 Å². The molecule has 0 fully saturated rings. The van der Waals surface area contributed by atoms with Crippen molar-refractivity contribution in [2.24, 2.45) is 0 Å². The van der Waals surface area contributed by atoms with E-state index in [1.165, 1.54) is 16.7 Å². The maximum atomic E-state index is 13.1. The zero-order valence-electron chi connectivity index (χ0n) is 18.3. The highest BCUT2D eigenvalue weighted by molar-refractivity contribution is 5.96. The number of hydrogen-bond donors (Lipinski definition) is 1. The highest BCUT2D eigenvalue weighted by Crippen LogP contribution is 2.32. The molecule has 0 radical (unpaired) electrons. The number of Topliss-reactive ketones (excluding diaryl/α,β-unsaturated/α-hetero) is 1. The van der Waals surface area contributed by atoms with E-state index in [-0.39, 0.29) is 17.9 Å². The summed E-state index contributed by atoms with van der Waals surface area (Å²) in [6, 6.07) is 5.85. The predicted molar refractivity (Wildman–Crippen MR) is 114 cm³/mol. The van der Waals surface area contributed by atoms with E-state index in [2.05, 4.69) is 14.9 Å². The van der Waals surface area contributed by atoms with Crippen molar-refractivity contribution in [1.29, 1.82) is 0 Å². The van der Waals surface area contributed by atoms with Gasteiger partial charge in [-0.15, -0.1) is 0 Å². The number of fused-ring (bicyclic) bond motifs is 1. The third-order valence-corrected chi connectivity index (χ3v) is 5.89. The Bertz CT molecular complexity index is 1210. The maximum absolute atomic E-state index is 13.1. The molecule has 0 atom stereocenters. The molecule has 0 spiro atoms. The van der Waals surface area contributed by atoms with E-state index in [1.807, 2.05) is 20.8 Å². The first-order chi connectivity index (χ1) is 15.2. The number of benzene rings is 1. The zero-order chi connectivity index (χ0) is 23.0. The Labute approximate surface area is 184 Å². The lowest BCUT2D eigenvalue weighted by Gasteiger charge is -2.42. The molecule has 2 aromatic heterocycles. The summed E-state index contributed by atoms with van der Waals surface area (Å²) in [5.41, 5.74) is -0.786. The van der Waals surface area contributed by atoms with Gasteiger partial charge in [0.05, 0.1) is 18.3 Å². The average molecular weight is 440 g/mol. The molecule has 1 aromatic carbocycles. The summed E-state index contributed by atoms with van der Waals surface area (Å²) in [7, 11) is 0. The first kappa shape index (κ1) is 21.9. The quantitative estimate of drug-likeness (QED) is 0.588. The second kappa shape index (κ2) is 8.31. The van der Waals surface area contributed by atoms with Crippen molar-refractivity contribution in [1.82, 2.24) is 19.4 Å². The lowest BCUT2D eigenvalue weighted by molar-refractivity contribution is 0.0564. The van der Waals surface area contributed by atoms with E-state index in [0.29, 0.717) is 43.5 Å². The van der Waals surface area contributed by atoms with Crippen molar-refractivity contribution < 1.29 is 18.7 Å². The molecule has 0 aliphatic carbocycles. The Morgan fingerprint density at radius 3 is 2.62 bits per heavy atom. The van der Waals surface area contributed by atoms with Crippen LogP contribution in [0, 0.1) is 12.7 Å². The predicted octanol–water partition coefficient (Wildman–Crippen LogP) is 2.95. The summed E-state index contributed by atoms with van der Waals surface area (Å²) < 4.78 is 20.1. The van der Waals surface area contributed by atoms with E-state index >= 15 is 0 Å². The lowest BCUT2D eigenvalue weighted by Crippen LogP contribution is -2.52. The lowest BCUT2D eigenvalue weighted by atomic mass is 9.97. The molecule has 9 heteroatoms. The van der Waals surface area contributed by atoms with E-state index in [0.717, 1.165) is 5.56 Å². The van der Waals surface area contributed by atoms with Crippen molar-refractivity contribution in [3.63, 3.8) is 0 Å². The van der Waals surface area contributed by atoms with Crippen LogP contribution in [0.4, 0.5) is 4.39 Å². The Balaban J connectivity index is 1.61. The van der Waals surface area contributed by atoms with Crippen molar-refractivity contribution in [3.05, 3.63) is 75.4 Å². The number of aromatic hydroxyl groups is 1. The summed E-state index contributed by atoms with van der Waals surface area (Å²) in [6.45, 7) is 6.91. The van der Waals surface area contributed by atoms with Crippen LogP contribution in [-0.2, 0) is 25.0 Å². The van der Waals surface area contributed by atoms with Gasteiger partial charge in [-0.2, -0.15) is 0 Å². The molecule has 8 nitrogen and oxygen atoms in total. The fraction of sp³-hybridized carbons (Fsp3) is 0.391. The second-order valence-electron chi connectivity index (χ2n) is 8.48. The van der Waals surface area contributed by atoms with Gasteiger partial charge >= 0.3 is 0 Å². The van der Waals surface area contributed by atoms with Crippen LogP contribution in [0.1, 0.15) is 53.8 Å². The van der Waals surface area contributed by atoms with Gasteiger partial charge in [-0.3, -0.25) is 19.1 Å². The molecule has 1 N–H and O–H groups in total. The Hall–Kier alpha value is -3.33. The molecule has 0 saturated carbocycles. The smallest absolute Gasteiger partial charge is 0.296 e. The second-order valence-corrected chi connectivity index (χ2v) is 8.48. The van der Waals surface area contributed by atoms with Crippen molar-refractivity contribution in [3.8, 4) is 5.75 Å². The van der Waals surface area contributed by atoms with Gasteiger partial charge in [0.2, 0.25) is 11.6 Å². The minimum absolute atomic E-state index is 0.0365. The molecule has 4 rings (SSSR count). The summed E-state index contributed by atoms with van der Waals surface area (Å²) in [4.78, 5) is 36.5. The van der Waals surface area contributed by atoms with Crippen LogP contribution in [0.3, 0.4) is 0 Å². The molecule has 0 amide bonds. The van der Waals surface area contributed by atoms with E-state index < -0.39 is 22.6 Å². The van der Waals surface area contributed by atoms with Gasteiger partial charge in [0.15, 0.2) is 11.5 Å². The SMILES string of the molecule is Cc1cnc(CN2CCn3c(nc(C(=O)CCc4ccc(F)cc4)c(O)c3=O)C2(C)C)o1. The number of oxazole rings is 1. The van der Waals surface area contributed by atoms with E-state index in [9.17, 15) is 19.1 Å². The number of carbonyl (C=O) groups excluding carboxylic acids is 1. The molecule has 0 unspecified atom stereocenters. The van der Waals surface area contributed by atoms with Crippen LogP contribution in [0.2, 0.25) is 0 Å². The van der Waals surface area contributed by atoms with Gasteiger partial charge in [-0.05, 0) is 44.9 Å². The number of aromatic nitrogens is 3. The topological polar surface area (TPSA) is 101 Å². The number of rotatable bonds is 6. The molecule has 1 aliphatic rings. The number of hydrogen-bond acceptors (Lipinski definition) is 7. The Kier molecular flexibility index (Phi) is 5.68. The Morgan fingerprint density at radius 1 is 1.25 bits per heavy atom. The van der Waals surface area contributed by atoms with Crippen LogP contribution < -0.4 is 5.56 Å². The monoisotopic (exact) mass is 440 g/mol. The number of carbonyl (C=O) groups is 1. The first-order valence-electron chi connectivity index (χ1n) is 10.4. The molecule has 3 aromatic rings. The van der Waals surface area contributed by atoms with Gasteiger partial charge in [-0.1, -0.05) is 12.1 Å². The Morgan fingerprint density at radius 2 is 1.97 bits per heavy atom. The van der Waals surface area contributed by atoms with E-state index in [4.69, 9.17) is 4.42 Å². The summed E-state index contributed by atoms with van der Waals surface area (Å²) in [5.74, 6) is 0.243. The molecular weight excluding hydrogens is 415 g/mol. The van der Waals surface area contributed by atoms with Gasteiger partial charge in [0.25, 0.3) is 5.56 Å². The van der Waals surface area contributed by atoms with Crippen LogP contribution in [0.5, 0.6) is 5.75 Å². The van der Waals surface area contributed by atoms with E-state index in [1.54, 1.807) is 18.3 Å². The average Bonchev–Trinajstić information content (AvgIpc) is 3.16. The molecule has 0 saturated heterocycles. The standard InChI is InChI=1S/C23H25FN4O4/c1-14-12-25-18(32-14)13-27-10-11-28-21(31)20(30)19(26-22(28)23(27,2)3)17(29)9-6-15-4-7-16(24)8-5-15/h4-5,7-8,12,30H,6,9-11,13H2,1-3H3. The summed E-state index contributed by atoms with van der Waals surface area (Å²) in [5, 5.41) is 10.4. The van der Waals surface area contributed by atoms with Crippen LogP contribution in [-0.4, -0.2) is 36.9 Å². The number of aryl methyl sites for hydroxylation is 2. The van der Waals surface area contributed by atoms with Gasteiger partial charge < -0.3 is 9.52 Å². The summed E-state index contributed by atoms with van der Waals surface area (Å²) >= 11 is 0. The zero-order valence-corrected chi connectivity index (χ0v) is 18.3. The maximum Gasteiger partial charge on any atom is 0.296 e. The third-order valence-electron chi connectivity index (χ3n) is 5.89. The molecule has 0 bridgehead atoms. The van der Waals surface area contributed by atoms with Crippen molar-refractivity contribution >= 4 is 5.78 Å². The molecule has 1 aliphatic heterocycles. The molecule has 3 heterocycles. The highest BCUT2D eigenvalue weighted by Gasteiger charge is 2.39. The van der Waals surface area contributed by atoms with Crippen LogP contribution >= 0.6 is 0 Å². The third kappa shape index (κ3) is 4.08. The normalized spacial score (nSPS) is 15.5. The van der Waals surface area contributed by atoms with Gasteiger partial charge in [-0.25, -0.2) is 14.4 Å². The summed E-state index contributed by atoms with van der Waals surface area (Å²) in [6.07, 6.45) is 2.03. The van der Waals surface area contributed by atoms with Crippen LogP contribution in [0.25, 0.3) is 0 Å².